The first kappa shape index (κ1) is 17.2. The Morgan fingerprint density at radius 1 is 1.22 bits per heavy atom. The van der Waals surface area contributed by atoms with E-state index in [1.807, 2.05) is 37.4 Å². The summed E-state index contributed by atoms with van der Waals surface area (Å²) < 4.78 is 5.42. The van der Waals surface area contributed by atoms with E-state index >= 15 is 0 Å². The Labute approximate surface area is 157 Å². The highest BCUT2D eigenvalue weighted by atomic mass is 16.5. The number of pyridine rings is 1. The Morgan fingerprint density at radius 3 is 2.89 bits per heavy atom. The zero-order chi connectivity index (χ0) is 18.6. The number of aliphatic imine (C=N–C) groups is 1. The molecule has 27 heavy (non-hydrogen) atoms. The Bertz CT molecular complexity index is 974. The summed E-state index contributed by atoms with van der Waals surface area (Å²) >= 11 is 0. The molecule has 1 aromatic carbocycles. The fourth-order valence-electron chi connectivity index (χ4n) is 3.01. The van der Waals surface area contributed by atoms with Crippen LogP contribution in [-0.2, 0) is 6.54 Å². The van der Waals surface area contributed by atoms with E-state index in [0.717, 1.165) is 34.5 Å². The van der Waals surface area contributed by atoms with Crippen molar-refractivity contribution in [2.45, 2.75) is 13.5 Å². The van der Waals surface area contributed by atoms with Crippen LogP contribution in [0.5, 0.6) is 5.75 Å². The van der Waals surface area contributed by atoms with Crippen molar-refractivity contribution in [1.82, 2.24) is 25.2 Å². The number of ether oxygens (including phenoxy) is 1. The van der Waals surface area contributed by atoms with Gasteiger partial charge in [-0.3, -0.25) is 15.2 Å². The SMILES string of the molecule is COc1cccc2c(C)nc(NC3=NCN(Cc4cccnc4)CN3)nc12. The van der Waals surface area contributed by atoms with E-state index in [4.69, 9.17) is 4.74 Å². The number of para-hydroxylation sites is 1. The van der Waals surface area contributed by atoms with Crippen molar-refractivity contribution in [3.05, 3.63) is 54.0 Å². The second kappa shape index (κ2) is 7.55. The predicted molar refractivity (Wildman–Crippen MR) is 105 cm³/mol. The molecular weight excluding hydrogens is 342 g/mol. The Morgan fingerprint density at radius 2 is 2.15 bits per heavy atom. The fourth-order valence-corrected chi connectivity index (χ4v) is 3.01. The van der Waals surface area contributed by atoms with E-state index in [0.29, 0.717) is 25.2 Å². The molecule has 0 saturated carbocycles. The van der Waals surface area contributed by atoms with Crippen molar-refractivity contribution in [2.75, 3.05) is 25.8 Å². The molecule has 3 aromatic rings. The normalized spacial score (nSPS) is 14.5. The lowest BCUT2D eigenvalue weighted by Gasteiger charge is -2.26. The van der Waals surface area contributed by atoms with E-state index < -0.39 is 0 Å². The number of aryl methyl sites for hydroxylation is 1. The molecule has 2 aromatic heterocycles. The van der Waals surface area contributed by atoms with Crippen molar-refractivity contribution in [3.8, 4) is 5.75 Å². The minimum Gasteiger partial charge on any atom is -0.494 e. The van der Waals surface area contributed by atoms with Crippen LogP contribution < -0.4 is 15.4 Å². The van der Waals surface area contributed by atoms with E-state index in [1.54, 1.807) is 13.3 Å². The molecule has 1 aliphatic heterocycles. The Hall–Kier alpha value is -3.26. The Kier molecular flexibility index (Phi) is 4.80. The molecule has 138 valence electrons. The van der Waals surface area contributed by atoms with Crippen molar-refractivity contribution < 1.29 is 4.74 Å². The maximum atomic E-state index is 5.42. The number of nitrogens with zero attached hydrogens (tertiary/aromatic N) is 5. The molecule has 0 radical (unpaired) electrons. The lowest BCUT2D eigenvalue weighted by molar-refractivity contribution is 0.256. The molecule has 0 atom stereocenters. The highest BCUT2D eigenvalue weighted by Crippen LogP contribution is 2.26. The summed E-state index contributed by atoms with van der Waals surface area (Å²) in [5, 5.41) is 7.41. The van der Waals surface area contributed by atoms with E-state index in [2.05, 4.69) is 41.5 Å². The molecule has 2 N–H and O–H groups in total. The van der Waals surface area contributed by atoms with Crippen molar-refractivity contribution in [1.29, 1.82) is 0 Å². The van der Waals surface area contributed by atoms with Gasteiger partial charge in [-0.2, -0.15) is 0 Å². The average molecular weight is 363 g/mol. The molecule has 0 saturated heterocycles. The molecule has 1 aliphatic rings. The Balaban J connectivity index is 1.48. The first-order chi connectivity index (χ1) is 13.2. The largest absolute Gasteiger partial charge is 0.494 e. The highest BCUT2D eigenvalue weighted by molar-refractivity contribution is 5.94. The minimum atomic E-state index is 0.497. The quantitative estimate of drug-likeness (QED) is 0.734. The summed E-state index contributed by atoms with van der Waals surface area (Å²) in [7, 11) is 1.64. The number of anilines is 1. The van der Waals surface area contributed by atoms with E-state index in [-0.39, 0.29) is 0 Å². The van der Waals surface area contributed by atoms with E-state index in [1.165, 1.54) is 0 Å². The van der Waals surface area contributed by atoms with Crippen LogP contribution >= 0.6 is 0 Å². The summed E-state index contributed by atoms with van der Waals surface area (Å²) in [6, 6.07) is 9.82. The summed E-state index contributed by atoms with van der Waals surface area (Å²) in [4.78, 5) is 20.0. The predicted octanol–water partition coefficient (Wildman–Crippen LogP) is 2.13. The van der Waals surface area contributed by atoms with Gasteiger partial charge in [-0.15, -0.1) is 0 Å². The molecule has 0 aliphatic carbocycles. The number of aromatic nitrogens is 3. The van der Waals surface area contributed by atoms with Crippen LogP contribution in [0.15, 0.2) is 47.7 Å². The summed E-state index contributed by atoms with van der Waals surface area (Å²) in [6.07, 6.45) is 3.65. The van der Waals surface area contributed by atoms with Crippen LogP contribution in [0.4, 0.5) is 5.95 Å². The summed E-state index contributed by atoms with van der Waals surface area (Å²) in [5.41, 5.74) is 2.83. The number of rotatable bonds is 4. The van der Waals surface area contributed by atoms with Crippen molar-refractivity contribution in [3.63, 3.8) is 0 Å². The third kappa shape index (κ3) is 3.80. The third-order valence-electron chi connectivity index (χ3n) is 4.36. The van der Waals surface area contributed by atoms with Crippen LogP contribution in [0.1, 0.15) is 11.3 Å². The number of nitrogens with one attached hydrogen (secondary N) is 2. The highest BCUT2D eigenvalue weighted by Gasteiger charge is 2.15. The molecule has 0 amide bonds. The topological polar surface area (TPSA) is 87.6 Å². The van der Waals surface area contributed by atoms with Crippen LogP contribution in [0.2, 0.25) is 0 Å². The van der Waals surface area contributed by atoms with Crippen LogP contribution in [0.3, 0.4) is 0 Å². The molecular formula is C19H21N7O. The van der Waals surface area contributed by atoms with Gasteiger partial charge < -0.3 is 10.1 Å². The van der Waals surface area contributed by atoms with E-state index in [9.17, 15) is 0 Å². The van der Waals surface area contributed by atoms with Gasteiger partial charge in [-0.25, -0.2) is 15.0 Å². The third-order valence-corrected chi connectivity index (χ3v) is 4.36. The second-order valence-electron chi connectivity index (χ2n) is 6.29. The first-order valence-electron chi connectivity index (χ1n) is 8.71. The van der Waals surface area contributed by atoms with Crippen molar-refractivity contribution in [2.24, 2.45) is 4.99 Å². The first-order valence-corrected chi connectivity index (χ1v) is 8.71. The lowest BCUT2D eigenvalue weighted by Crippen LogP contribution is -2.45. The average Bonchev–Trinajstić information content (AvgIpc) is 2.70. The zero-order valence-electron chi connectivity index (χ0n) is 15.3. The maximum Gasteiger partial charge on any atom is 0.230 e. The molecule has 0 bridgehead atoms. The molecule has 0 unspecified atom stereocenters. The van der Waals surface area contributed by atoms with Gasteiger partial charge in [0.2, 0.25) is 11.9 Å². The summed E-state index contributed by atoms with van der Waals surface area (Å²) in [5.74, 6) is 1.88. The molecule has 4 rings (SSSR count). The van der Waals surface area contributed by atoms with Crippen LogP contribution in [0.25, 0.3) is 10.9 Å². The van der Waals surface area contributed by atoms with Gasteiger partial charge in [0.1, 0.15) is 11.3 Å². The number of guanidine groups is 1. The zero-order valence-corrected chi connectivity index (χ0v) is 15.3. The molecule has 0 spiro atoms. The van der Waals surface area contributed by atoms with Crippen molar-refractivity contribution >= 4 is 22.8 Å². The summed E-state index contributed by atoms with van der Waals surface area (Å²) in [6.45, 7) is 4.01. The maximum absolute atomic E-state index is 5.42. The van der Waals surface area contributed by atoms with Crippen LogP contribution in [-0.4, -0.2) is 46.3 Å². The second-order valence-corrected chi connectivity index (χ2v) is 6.29. The van der Waals surface area contributed by atoms with Gasteiger partial charge in [-0.1, -0.05) is 18.2 Å². The number of methoxy groups -OCH3 is 1. The van der Waals surface area contributed by atoms with Gasteiger partial charge in [0, 0.05) is 24.3 Å². The van der Waals surface area contributed by atoms with Gasteiger partial charge in [0.15, 0.2) is 0 Å². The standard InChI is InChI=1S/C19H21N7O/c1-13-15-6-3-7-16(27-2)17(15)24-19(23-13)25-18-21-11-26(12-22-18)10-14-5-4-8-20-9-14/h3-9H,10-12H2,1-2H3,(H2,21,22,23,24,25). The van der Waals surface area contributed by atoms with Gasteiger partial charge >= 0.3 is 0 Å². The number of hydrogen-bond donors (Lipinski definition) is 2. The van der Waals surface area contributed by atoms with Gasteiger partial charge in [0.25, 0.3) is 0 Å². The minimum absolute atomic E-state index is 0.497. The smallest absolute Gasteiger partial charge is 0.230 e. The number of fused-ring (bicyclic) bond motifs is 1. The fraction of sp³-hybridized carbons (Fsp3) is 0.263. The molecule has 8 heteroatoms. The molecule has 8 nitrogen and oxygen atoms in total. The monoisotopic (exact) mass is 363 g/mol. The molecule has 3 heterocycles. The van der Waals surface area contributed by atoms with Gasteiger partial charge in [0.05, 0.1) is 26.1 Å². The lowest BCUT2D eigenvalue weighted by atomic mass is 10.2. The van der Waals surface area contributed by atoms with Crippen LogP contribution in [0, 0.1) is 6.92 Å². The number of benzene rings is 1. The molecule has 0 fully saturated rings. The van der Waals surface area contributed by atoms with Gasteiger partial charge in [-0.05, 0) is 24.6 Å². The number of hydrogen-bond acceptors (Lipinski definition) is 8.